The Labute approximate surface area is 365 Å². The van der Waals surface area contributed by atoms with E-state index in [-0.39, 0.29) is 205 Å². The number of aromatic nitrogens is 2. The summed E-state index contributed by atoms with van der Waals surface area (Å²) in [5.74, 6) is -5.39. The summed E-state index contributed by atoms with van der Waals surface area (Å²) in [4.78, 5) is 68.2. The van der Waals surface area contributed by atoms with Crippen LogP contribution in [0.25, 0.3) is 22.4 Å². The fourth-order valence-corrected chi connectivity index (χ4v) is 4.50. The second-order valence-electron chi connectivity index (χ2n) is 8.62. The Morgan fingerprint density at radius 3 is 2.00 bits per heavy atom. The first-order chi connectivity index (χ1) is 18.6. The molecule has 0 atom stereocenters. The SMILES string of the molecule is O=C([O-])COc1cc(-c2nc3c4c(ccc3[nH]2)C(=O)c2ccccc2C4=O)ccc1N(CC(=O)[O-])CC(=O)[O-].[K+].[K+].[K+]. The van der Waals surface area contributed by atoms with Crippen LogP contribution in [0, 0.1) is 0 Å². The number of anilines is 1. The van der Waals surface area contributed by atoms with Crippen molar-refractivity contribution < 1.29 is 198 Å². The molecule has 0 aliphatic heterocycles. The number of aliphatic carboxylic acids is 3. The van der Waals surface area contributed by atoms with Crippen LogP contribution in [0.2, 0.25) is 0 Å². The van der Waals surface area contributed by atoms with Crippen molar-refractivity contribution >= 4 is 46.2 Å². The van der Waals surface area contributed by atoms with Crippen LogP contribution in [-0.4, -0.2) is 59.1 Å². The van der Waals surface area contributed by atoms with Crippen molar-refractivity contribution in [3.63, 3.8) is 0 Å². The molecule has 0 radical (unpaired) electrons. The first-order valence-corrected chi connectivity index (χ1v) is 11.5. The third-order valence-electron chi connectivity index (χ3n) is 6.10. The molecular weight excluding hydrogens is 628 g/mol. The van der Waals surface area contributed by atoms with Crippen molar-refractivity contribution in [1.82, 2.24) is 9.97 Å². The second kappa shape index (κ2) is 16.1. The summed E-state index contributed by atoms with van der Waals surface area (Å²) in [5, 5.41) is 33.4. The molecule has 1 aliphatic carbocycles. The van der Waals surface area contributed by atoms with Crippen LogP contribution in [0.4, 0.5) is 5.69 Å². The molecule has 0 spiro atoms. The van der Waals surface area contributed by atoms with Gasteiger partial charge >= 0.3 is 154 Å². The summed E-state index contributed by atoms with van der Waals surface area (Å²) < 4.78 is 5.27. The predicted octanol–water partition coefficient (Wildman–Crippen LogP) is -10.5. The Kier molecular flexibility index (Phi) is 14.4. The molecule has 12 nitrogen and oxygen atoms in total. The molecule has 0 fully saturated rings. The van der Waals surface area contributed by atoms with Crippen molar-refractivity contribution in [3.05, 3.63) is 76.9 Å². The molecule has 1 N–H and O–H groups in total. The van der Waals surface area contributed by atoms with Gasteiger partial charge in [0.2, 0.25) is 0 Å². The summed E-state index contributed by atoms with van der Waals surface area (Å²) >= 11 is 0. The third kappa shape index (κ3) is 7.96. The molecule has 0 unspecified atom stereocenters. The molecule has 196 valence electrons. The van der Waals surface area contributed by atoms with E-state index in [1.165, 1.54) is 24.3 Å². The standard InChI is InChI=1S/C27H19N3O9.3K/c31-20(32)10-30(11-21(33)34)18-8-5-13(9-19(18)39-12-22(35)36)27-28-17-7-6-16-23(24(17)29-27)26(38)15-4-2-1-3-14(15)25(16)37;;;/h1-9H,10-12H2,(H,28,29)(H,31,32)(H,33,34)(H,35,36);;;/q;3*+1/p-3. The van der Waals surface area contributed by atoms with Crippen LogP contribution in [0.3, 0.4) is 0 Å². The molecule has 1 aliphatic rings. The predicted molar refractivity (Wildman–Crippen MR) is 128 cm³/mol. The van der Waals surface area contributed by atoms with Crippen molar-refractivity contribution in [2.24, 2.45) is 0 Å². The molecule has 5 rings (SSSR count). The van der Waals surface area contributed by atoms with Crippen LogP contribution in [-0.2, 0) is 14.4 Å². The Morgan fingerprint density at radius 1 is 0.786 bits per heavy atom. The molecular formula is C27H16K3N3O9. The van der Waals surface area contributed by atoms with Gasteiger partial charge in [0.05, 0.1) is 47.8 Å². The minimum Gasteiger partial charge on any atom is -0.548 e. The summed E-state index contributed by atoms with van der Waals surface area (Å²) in [6.45, 7) is -2.60. The number of carbonyl (C=O) groups is 5. The van der Waals surface area contributed by atoms with Gasteiger partial charge in [0, 0.05) is 22.3 Å². The van der Waals surface area contributed by atoms with E-state index in [4.69, 9.17) is 4.74 Å². The summed E-state index contributed by atoms with van der Waals surface area (Å²) in [6.07, 6.45) is 0. The van der Waals surface area contributed by atoms with Crippen molar-refractivity contribution in [2.75, 3.05) is 24.6 Å². The molecule has 42 heavy (non-hydrogen) atoms. The first kappa shape index (κ1) is 37.6. The molecule has 0 saturated heterocycles. The zero-order valence-electron chi connectivity index (χ0n) is 22.9. The van der Waals surface area contributed by atoms with Crippen molar-refractivity contribution in [3.8, 4) is 17.1 Å². The van der Waals surface area contributed by atoms with E-state index in [9.17, 15) is 39.3 Å². The average molecular weight is 644 g/mol. The molecule has 0 amide bonds. The monoisotopic (exact) mass is 643 g/mol. The second-order valence-corrected chi connectivity index (χ2v) is 8.62. The summed E-state index contributed by atoms with van der Waals surface area (Å²) in [6, 6.07) is 13.7. The number of nitrogens with zero attached hydrogens (tertiary/aromatic N) is 2. The van der Waals surface area contributed by atoms with Gasteiger partial charge in [0.25, 0.3) is 0 Å². The normalized spacial score (nSPS) is 11.2. The van der Waals surface area contributed by atoms with Gasteiger partial charge in [0.1, 0.15) is 23.7 Å². The maximum Gasteiger partial charge on any atom is 1.00 e. The molecule has 0 saturated carbocycles. The average Bonchev–Trinajstić information content (AvgIpc) is 3.33. The Morgan fingerprint density at radius 2 is 1.40 bits per heavy atom. The molecule has 0 bridgehead atoms. The number of benzene rings is 3. The Balaban J connectivity index is 0.00000205. The van der Waals surface area contributed by atoms with E-state index in [2.05, 4.69) is 9.97 Å². The number of ether oxygens (including phenoxy) is 1. The van der Waals surface area contributed by atoms with Crippen LogP contribution in [0.5, 0.6) is 5.75 Å². The van der Waals surface area contributed by atoms with E-state index in [0.717, 1.165) is 4.90 Å². The number of carboxylic acids is 3. The van der Waals surface area contributed by atoms with Crippen molar-refractivity contribution in [1.29, 1.82) is 0 Å². The number of hydrogen-bond donors (Lipinski definition) is 1. The molecule has 3 aromatic carbocycles. The molecule has 1 aromatic heterocycles. The Bertz CT molecular complexity index is 1710. The number of ketones is 2. The first-order valence-electron chi connectivity index (χ1n) is 11.5. The van der Waals surface area contributed by atoms with Gasteiger partial charge in [-0.15, -0.1) is 0 Å². The number of aromatic amines is 1. The molecule has 15 heteroatoms. The minimum absolute atomic E-state index is 0. The van der Waals surface area contributed by atoms with Crippen LogP contribution < -0.4 is 179 Å². The quantitative estimate of drug-likeness (QED) is 0.150. The number of H-pyrrole nitrogens is 1. The van der Waals surface area contributed by atoms with Crippen molar-refractivity contribution in [2.45, 2.75) is 0 Å². The van der Waals surface area contributed by atoms with E-state index in [1.54, 1.807) is 30.3 Å². The smallest absolute Gasteiger partial charge is 0.548 e. The third-order valence-corrected chi connectivity index (χ3v) is 6.10. The van der Waals surface area contributed by atoms with E-state index >= 15 is 0 Å². The summed E-state index contributed by atoms with van der Waals surface area (Å²) in [7, 11) is 0. The number of carbonyl (C=O) groups excluding carboxylic acids is 5. The number of carboxylic acid groups (broad SMARTS) is 3. The van der Waals surface area contributed by atoms with Crippen LogP contribution >= 0.6 is 0 Å². The van der Waals surface area contributed by atoms with Crippen LogP contribution in [0.15, 0.2) is 54.6 Å². The number of fused-ring (bicyclic) bond motifs is 4. The zero-order valence-corrected chi connectivity index (χ0v) is 32.3. The van der Waals surface area contributed by atoms with Crippen LogP contribution in [0.1, 0.15) is 31.8 Å². The maximum atomic E-state index is 13.3. The summed E-state index contributed by atoms with van der Waals surface area (Å²) in [5.41, 5.74) is 1.86. The van der Waals surface area contributed by atoms with Gasteiger partial charge in [-0.25, -0.2) is 4.98 Å². The largest absolute Gasteiger partial charge is 1.00 e. The van der Waals surface area contributed by atoms with E-state index in [1.807, 2.05) is 0 Å². The Hall–Kier alpha value is -0.611. The van der Waals surface area contributed by atoms with Gasteiger partial charge in [-0.05, 0) is 30.3 Å². The number of rotatable bonds is 9. The van der Waals surface area contributed by atoms with Gasteiger partial charge < -0.3 is 44.3 Å². The van der Waals surface area contributed by atoms with E-state index in [0.29, 0.717) is 16.6 Å². The fourth-order valence-electron chi connectivity index (χ4n) is 4.50. The topological polar surface area (TPSA) is 196 Å². The number of nitrogens with one attached hydrogen (secondary N) is 1. The number of hydrogen-bond acceptors (Lipinski definition) is 11. The van der Waals surface area contributed by atoms with Gasteiger partial charge in [-0.3, -0.25) is 9.59 Å². The fraction of sp³-hybridized carbons (Fsp3) is 0.111. The van der Waals surface area contributed by atoms with Gasteiger partial charge in [-0.2, -0.15) is 0 Å². The van der Waals surface area contributed by atoms with Gasteiger partial charge in [0.15, 0.2) is 11.6 Å². The molecule has 1 heterocycles. The van der Waals surface area contributed by atoms with E-state index < -0.39 is 37.6 Å². The zero-order chi connectivity index (χ0) is 27.8. The molecule has 4 aromatic rings. The number of imidazole rings is 1. The van der Waals surface area contributed by atoms with Gasteiger partial charge in [-0.1, -0.05) is 24.3 Å². The maximum absolute atomic E-state index is 13.3. The minimum atomic E-state index is -1.59.